The van der Waals surface area contributed by atoms with Crippen LogP contribution in [-0.4, -0.2) is 16.2 Å². The first kappa shape index (κ1) is 8.55. The van der Waals surface area contributed by atoms with Crippen molar-refractivity contribution in [2.45, 2.75) is 0 Å². The van der Waals surface area contributed by atoms with Crippen LogP contribution in [0, 0.1) is 5.82 Å². The van der Waals surface area contributed by atoms with Gasteiger partial charge in [0.05, 0.1) is 5.39 Å². The molecule has 0 amide bonds. The van der Waals surface area contributed by atoms with Gasteiger partial charge in [-0.1, -0.05) is 0 Å². The van der Waals surface area contributed by atoms with Crippen LogP contribution < -0.4 is 0 Å². The van der Waals surface area contributed by atoms with Crippen molar-refractivity contribution in [2.24, 2.45) is 0 Å². The Kier molecular flexibility index (Phi) is 1.67. The molecule has 1 aromatic carbocycles. The molecule has 0 aliphatic heterocycles. The summed E-state index contributed by atoms with van der Waals surface area (Å²) in [6.45, 7) is 0. The van der Waals surface area contributed by atoms with Crippen molar-refractivity contribution in [1.82, 2.24) is 0 Å². The maximum absolute atomic E-state index is 12.7. The number of aromatic carboxylic acids is 1. The zero-order chi connectivity index (χ0) is 10.3. The molecule has 0 unspecified atom stereocenters. The highest BCUT2D eigenvalue weighted by molar-refractivity contribution is 5.93. The van der Waals surface area contributed by atoms with E-state index in [1.807, 2.05) is 0 Å². The number of benzene rings is 1. The molecule has 4 nitrogen and oxygen atoms in total. The van der Waals surface area contributed by atoms with E-state index in [1.165, 1.54) is 0 Å². The number of furan rings is 1. The lowest BCUT2D eigenvalue weighted by Gasteiger charge is -1.92. The number of hydrogen-bond donors (Lipinski definition) is 2. The van der Waals surface area contributed by atoms with Gasteiger partial charge < -0.3 is 14.6 Å². The standard InChI is InChI=1S/C9H5FO4/c10-4-1-6(11)5-3-8(9(12)13)14-7(5)2-4/h1-3,11H,(H,12,13). The molecule has 0 aliphatic carbocycles. The van der Waals surface area contributed by atoms with Crippen LogP contribution in [-0.2, 0) is 0 Å². The molecule has 14 heavy (non-hydrogen) atoms. The summed E-state index contributed by atoms with van der Waals surface area (Å²) in [4.78, 5) is 10.5. The quantitative estimate of drug-likeness (QED) is 0.731. The predicted molar refractivity (Wildman–Crippen MR) is 44.8 cm³/mol. The number of phenolic OH excluding ortho intramolecular Hbond substituents is 1. The number of carboxylic acids is 1. The van der Waals surface area contributed by atoms with Gasteiger partial charge in [-0.25, -0.2) is 9.18 Å². The zero-order valence-electron chi connectivity index (χ0n) is 6.82. The van der Waals surface area contributed by atoms with E-state index in [0.717, 1.165) is 18.2 Å². The predicted octanol–water partition coefficient (Wildman–Crippen LogP) is 1.98. The van der Waals surface area contributed by atoms with E-state index in [9.17, 15) is 14.3 Å². The Labute approximate surface area is 77.2 Å². The van der Waals surface area contributed by atoms with E-state index in [4.69, 9.17) is 9.52 Å². The number of halogens is 1. The fourth-order valence-electron chi connectivity index (χ4n) is 1.19. The summed E-state index contributed by atoms with van der Waals surface area (Å²) < 4.78 is 17.5. The maximum Gasteiger partial charge on any atom is 0.371 e. The minimum Gasteiger partial charge on any atom is -0.507 e. The number of rotatable bonds is 1. The van der Waals surface area contributed by atoms with Crippen molar-refractivity contribution in [2.75, 3.05) is 0 Å². The molecule has 0 spiro atoms. The molecule has 0 saturated heterocycles. The molecule has 0 radical (unpaired) electrons. The van der Waals surface area contributed by atoms with Gasteiger partial charge in [-0.3, -0.25) is 0 Å². The number of fused-ring (bicyclic) bond motifs is 1. The fraction of sp³-hybridized carbons (Fsp3) is 0. The lowest BCUT2D eigenvalue weighted by molar-refractivity contribution is 0.0665. The van der Waals surface area contributed by atoms with E-state index >= 15 is 0 Å². The van der Waals surface area contributed by atoms with Gasteiger partial charge in [-0.2, -0.15) is 0 Å². The molecule has 0 saturated carbocycles. The second kappa shape index (κ2) is 2.73. The number of carbonyl (C=O) groups is 1. The van der Waals surface area contributed by atoms with E-state index in [0.29, 0.717) is 0 Å². The minimum atomic E-state index is -1.26. The molecule has 72 valence electrons. The van der Waals surface area contributed by atoms with Crippen LogP contribution in [0.1, 0.15) is 10.6 Å². The summed E-state index contributed by atoms with van der Waals surface area (Å²) in [7, 11) is 0. The topological polar surface area (TPSA) is 70.7 Å². The SMILES string of the molecule is O=C(O)c1cc2c(O)cc(F)cc2o1. The van der Waals surface area contributed by atoms with Gasteiger partial charge in [0.25, 0.3) is 0 Å². The van der Waals surface area contributed by atoms with Gasteiger partial charge in [0.1, 0.15) is 17.1 Å². The third kappa shape index (κ3) is 1.19. The Morgan fingerprint density at radius 3 is 2.71 bits per heavy atom. The summed E-state index contributed by atoms with van der Waals surface area (Å²) in [6.07, 6.45) is 0. The molecule has 2 aromatic rings. The van der Waals surface area contributed by atoms with Crippen molar-refractivity contribution >= 4 is 16.9 Å². The fourth-order valence-corrected chi connectivity index (χ4v) is 1.19. The van der Waals surface area contributed by atoms with E-state index in [1.54, 1.807) is 0 Å². The van der Waals surface area contributed by atoms with Crippen molar-refractivity contribution in [3.05, 3.63) is 29.8 Å². The highest BCUT2D eigenvalue weighted by Crippen LogP contribution is 2.28. The Balaban J connectivity index is 2.76. The largest absolute Gasteiger partial charge is 0.507 e. The van der Waals surface area contributed by atoms with E-state index < -0.39 is 11.8 Å². The molecular weight excluding hydrogens is 191 g/mol. The van der Waals surface area contributed by atoms with Crippen LogP contribution >= 0.6 is 0 Å². The molecule has 0 bridgehead atoms. The van der Waals surface area contributed by atoms with Crippen LogP contribution in [0.3, 0.4) is 0 Å². The lowest BCUT2D eigenvalue weighted by Crippen LogP contribution is -1.91. The van der Waals surface area contributed by atoms with Crippen molar-refractivity contribution in [3.63, 3.8) is 0 Å². The monoisotopic (exact) mass is 196 g/mol. The normalized spacial score (nSPS) is 10.6. The molecular formula is C9H5FO4. The second-order valence-corrected chi connectivity index (χ2v) is 2.75. The maximum atomic E-state index is 12.7. The molecule has 2 N–H and O–H groups in total. The average Bonchev–Trinajstić information content (AvgIpc) is 2.47. The average molecular weight is 196 g/mol. The van der Waals surface area contributed by atoms with Gasteiger partial charge in [0, 0.05) is 18.2 Å². The summed E-state index contributed by atoms with van der Waals surface area (Å²) in [5.74, 6) is -2.61. The van der Waals surface area contributed by atoms with Crippen LogP contribution in [0.25, 0.3) is 11.0 Å². The Hall–Kier alpha value is -2.04. The third-order valence-corrected chi connectivity index (χ3v) is 1.79. The van der Waals surface area contributed by atoms with Crippen molar-refractivity contribution in [1.29, 1.82) is 0 Å². The van der Waals surface area contributed by atoms with Gasteiger partial charge in [0.2, 0.25) is 5.76 Å². The van der Waals surface area contributed by atoms with Crippen molar-refractivity contribution in [3.8, 4) is 5.75 Å². The van der Waals surface area contributed by atoms with Gasteiger partial charge in [0.15, 0.2) is 0 Å². The van der Waals surface area contributed by atoms with Crippen LogP contribution in [0.5, 0.6) is 5.75 Å². The molecule has 0 aliphatic rings. The molecule has 1 heterocycles. The van der Waals surface area contributed by atoms with E-state index in [-0.39, 0.29) is 22.5 Å². The summed E-state index contributed by atoms with van der Waals surface area (Å²) in [5.41, 5.74) is 0.0138. The number of carboxylic acid groups (broad SMARTS) is 1. The number of hydrogen-bond acceptors (Lipinski definition) is 3. The molecule has 0 atom stereocenters. The van der Waals surface area contributed by atoms with Crippen LogP contribution in [0.2, 0.25) is 0 Å². The summed E-state index contributed by atoms with van der Waals surface area (Å²) >= 11 is 0. The first-order valence-electron chi connectivity index (χ1n) is 3.73. The highest BCUT2D eigenvalue weighted by Gasteiger charge is 2.13. The molecule has 1 aromatic heterocycles. The van der Waals surface area contributed by atoms with Crippen LogP contribution in [0.4, 0.5) is 4.39 Å². The van der Waals surface area contributed by atoms with Gasteiger partial charge in [-0.15, -0.1) is 0 Å². The smallest absolute Gasteiger partial charge is 0.371 e. The first-order valence-corrected chi connectivity index (χ1v) is 3.73. The Morgan fingerprint density at radius 1 is 1.36 bits per heavy atom. The number of phenols is 1. The third-order valence-electron chi connectivity index (χ3n) is 1.79. The second-order valence-electron chi connectivity index (χ2n) is 2.75. The van der Waals surface area contributed by atoms with E-state index in [2.05, 4.69) is 0 Å². The van der Waals surface area contributed by atoms with Gasteiger partial charge >= 0.3 is 5.97 Å². The first-order chi connectivity index (χ1) is 6.58. The Morgan fingerprint density at radius 2 is 2.07 bits per heavy atom. The Bertz CT molecular complexity index is 515. The highest BCUT2D eigenvalue weighted by atomic mass is 19.1. The lowest BCUT2D eigenvalue weighted by atomic mass is 10.2. The van der Waals surface area contributed by atoms with Gasteiger partial charge in [-0.05, 0) is 0 Å². The summed E-state index contributed by atoms with van der Waals surface area (Å²) in [5, 5.41) is 18.0. The minimum absolute atomic E-state index is 0.0138. The molecule has 5 heteroatoms. The number of aromatic hydroxyl groups is 1. The molecule has 0 fully saturated rings. The zero-order valence-corrected chi connectivity index (χ0v) is 6.82. The van der Waals surface area contributed by atoms with Crippen molar-refractivity contribution < 1.29 is 23.8 Å². The summed E-state index contributed by atoms with van der Waals surface area (Å²) in [6, 6.07) is 3.05. The molecule has 2 rings (SSSR count). The van der Waals surface area contributed by atoms with Crippen LogP contribution in [0.15, 0.2) is 22.6 Å².